The Kier molecular flexibility index (Phi) is 3.71. The molecule has 1 heterocycles. The fourth-order valence-electron chi connectivity index (χ4n) is 2.94. The number of hydrogen-bond acceptors (Lipinski definition) is 3. The maximum Gasteiger partial charge on any atom is 0.419 e. The van der Waals surface area contributed by atoms with Gasteiger partial charge in [-0.25, -0.2) is 0 Å². The van der Waals surface area contributed by atoms with Crippen LogP contribution in [0.25, 0.3) is 0 Å². The fraction of sp³-hybridized carbons (Fsp3) is 0.250. The minimum atomic E-state index is -4.53. The van der Waals surface area contributed by atoms with Crippen LogP contribution in [0.4, 0.5) is 18.9 Å². The Hall–Kier alpha value is -2.57. The minimum absolute atomic E-state index is 0.0988. The lowest BCUT2D eigenvalue weighted by molar-refractivity contribution is -0.139. The molecule has 23 heavy (non-hydrogen) atoms. The minimum Gasteiger partial charge on any atom is -0.481 e. The molecule has 2 N–H and O–H groups in total. The van der Waals surface area contributed by atoms with E-state index in [-0.39, 0.29) is 12.1 Å². The summed E-state index contributed by atoms with van der Waals surface area (Å²) in [4.78, 5) is 14.9. The summed E-state index contributed by atoms with van der Waals surface area (Å²) in [5.74, 6) is -1.70. The molecule has 3 rings (SSSR count). The van der Waals surface area contributed by atoms with Crippen LogP contribution in [0.3, 0.4) is 0 Å². The van der Waals surface area contributed by atoms with Crippen LogP contribution in [0.5, 0.6) is 0 Å². The third kappa shape index (κ3) is 2.86. The highest BCUT2D eigenvalue weighted by Gasteiger charge is 2.38. The third-order valence-electron chi connectivity index (χ3n) is 3.97. The Morgan fingerprint density at radius 1 is 1.22 bits per heavy atom. The molecular weight excluding hydrogens is 309 g/mol. The topological polar surface area (TPSA) is 62.2 Å². The Bertz CT molecular complexity index is 746. The van der Waals surface area contributed by atoms with Gasteiger partial charge in [0.25, 0.3) is 0 Å². The van der Waals surface area contributed by atoms with Gasteiger partial charge in [0, 0.05) is 18.1 Å². The fourth-order valence-corrected chi connectivity index (χ4v) is 2.94. The first-order valence-electron chi connectivity index (χ1n) is 6.97. The quantitative estimate of drug-likeness (QED) is 0.901. The normalized spacial score (nSPS) is 20.1. The van der Waals surface area contributed by atoms with Crippen molar-refractivity contribution in [3.05, 3.63) is 59.4 Å². The maximum atomic E-state index is 13.0. The van der Waals surface area contributed by atoms with E-state index in [0.717, 1.165) is 6.20 Å². The molecule has 7 heteroatoms. The number of rotatable bonds is 3. The Labute approximate surface area is 130 Å². The molecule has 0 aliphatic heterocycles. The molecular formula is C16H13F3N2O2. The first-order chi connectivity index (χ1) is 10.9. The summed E-state index contributed by atoms with van der Waals surface area (Å²) in [7, 11) is 0. The number of nitrogens with zero attached hydrogens (tertiary/aromatic N) is 1. The van der Waals surface area contributed by atoms with Crippen molar-refractivity contribution in [3.63, 3.8) is 0 Å². The van der Waals surface area contributed by atoms with Crippen LogP contribution in [0.15, 0.2) is 42.7 Å². The summed E-state index contributed by atoms with van der Waals surface area (Å²) in [6.07, 6.45) is -2.29. The van der Waals surface area contributed by atoms with Crippen molar-refractivity contribution in [2.45, 2.75) is 24.6 Å². The Balaban J connectivity index is 1.95. The molecule has 0 fully saturated rings. The number of nitrogens with one attached hydrogen (secondary N) is 1. The average Bonchev–Trinajstić information content (AvgIpc) is 2.86. The van der Waals surface area contributed by atoms with Crippen molar-refractivity contribution in [1.29, 1.82) is 0 Å². The summed E-state index contributed by atoms with van der Waals surface area (Å²) in [6, 6.07) is 7.67. The number of anilines is 1. The van der Waals surface area contributed by atoms with E-state index in [4.69, 9.17) is 0 Å². The van der Waals surface area contributed by atoms with Crippen molar-refractivity contribution in [3.8, 4) is 0 Å². The van der Waals surface area contributed by atoms with Crippen LogP contribution in [0.2, 0.25) is 0 Å². The predicted molar refractivity (Wildman–Crippen MR) is 77.0 cm³/mol. The van der Waals surface area contributed by atoms with Crippen LogP contribution in [0.1, 0.15) is 35.1 Å². The van der Waals surface area contributed by atoms with Crippen LogP contribution in [0, 0.1) is 0 Å². The van der Waals surface area contributed by atoms with Gasteiger partial charge in [0.05, 0.1) is 17.5 Å². The lowest BCUT2D eigenvalue weighted by Gasteiger charge is -2.19. The summed E-state index contributed by atoms with van der Waals surface area (Å²) >= 11 is 0. The Morgan fingerprint density at radius 3 is 2.57 bits per heavy atom. The molecule has 0 bridgehead atoms. The predicted octanol–water partition coefficient (Wildman–Crippen LogP) is 3.83. The molecule has 1 aromatic carbocycles. The van der Waals surface area contributed by atoms with E-state index in [1.54, 1.807) is 24.3 Å². The van der Waals surface area contributed by atoms with E-state index in [1.807, 2.05) is 0 Å². The van der Waals surface area contributed by atoms with Gasteiger partial charge in [-0.05, 0) is 23.6 Å². The van der Waals surface area contributed by atoms with Gasteiger partial charge >= 0.3 is 12.1 Å². The van der Waals surface area contributed by atoms with Crippen LogP contribution < -0.4 is 5.32 Å². The molecule has 0 saturated carbocycles. The number of carboxylic acids is 1. The average molecular weight is 322 g/mol. The first kappa shape index (κ1) is 15.3. The van der Waals surface area contributed by atoms with E-state index in [9.17, 15) is 23.1 Å². The van der Waals surface area contributed by atoms with E-state index >= 15 is 0 Å². The van der Waals surface area contributed by atoms with Gasteiger partial charge in [0.15, 0.2) is 0 Å². The Morgan fingerprint density at radius 2 is 1.91 bits per heavy atom. The van der Waals surface area contributed by atoms with Gasteiger partial charge in [-0.15, -0.1) is 0 Å². The monoisotopic (exact) mass is 322 g/mol. The number of fused-ring (bicyclic) bond motifs is 1. The van der Waals surface area contributed by atoms with Gasteiger partial charge in [0.1, 0.15) is 0 Å². The summed E-state index contributed by atoms with van der Waals surface area (Å²) in [6.45, 7) is 0. The molecule has 0 spiro atoms. The van der Waals surface area contributed by atoms with Crippen LogP contribution >= 0.6 is 0 Å². The van der Waals surface area contributed by atoms with Crippen molar-refractivity contribution in [2.24, 2.45) is 0 Å². The number of benzene rings is 1. The molecule has 0 radical (unpaired) electrons. The molecule has 1 aromatic heterocycles. The zero-order valence-electron chi connectivity index (χ0n) is 11.8. The summed E-state index contributed by atoms with van der Waals surface area (Å²) < 4.78 is 39.1. The summed E-state index contributed by atoms with van der Waals surface area (Å²) in [5, 5.41) is 12.1. The maximum absolute atomic E-state index is 13.0. The number of alkyl halides is 3. The molecule has 2 aromatic rings. The second-order valence-electron chi connectivity index (χ2n) is 5.37. The number of carbonyl (C=O) groups is 1. The summed E-state index contributed by atoms with van der Waals surface area (Å²) in [5.41, 5.74) is 0.388. The zero-order valence-corrected chi connectivity index (χ0v) is 11.8. The standard InChI is InChI=1S/C16H13F3N2O2/c17-16(18,19)12-8-20-6-5-13(12)21-14-7-11(15(22)23)9-3-1-2-4-10(9)14/h1-6,8,11,14H,7H2,(H,20,21)(H,22,23)/t11-,14+/m1/s1. The highest BCUT2D eigenvalue weighted by Crippen LogP contribution is 2.43. The van der Waals surface area contributed by atoms with Gasteiger partial charge in [-0.2, -0.15) is 13.2 Å². The number of hydrogen-bond donors (Lipinski definition) is 2. The van der Waals surface area contributed by atoms with Crippen LogP contribution in [-0.2, 0) is 11.0 Å². The highest BCUT2D eigenvalue weighted by molar-refractivity contribution is 5.78. The van der Waals surface area contributed by atoms with E-state index in [0.29, 0.717) is 11.1 Å². The van der Waals surface area contributed by atoms with Gasteiger partial charge < -0.3 is 10.4 Å². The molecule has 1 aliphatic rings. The van der Waals surface area contributed by atoms with Gasteiger partial charge in [0.2, 0.25) is 0 Å². The number of pyridine rings is 1. The zero-order chi connectivity index (χ0) is 16.6. The van der Waals surface area contributed by atoms with Gasteiger partial charge in [-0.3, -0.25) is 9.78 Å². The second-order valence-corrected chi connectivity index (χ2v) is 5.37. The van der Waals surface area contributed by atoms with E-state index in [2.05, 4.69) is 10.3 Å². The van der Waals surface area contributed by atoms with E-state index < -0.39 is 29.7 Å². The lowest BCUT2D eigenvalue weighted by atomic mass is 10.0. The first-order valence-corrected chi connectivity index (χ1v) is 6.97. The van der Waals surface area contributed by atoms with Crippen molar-refractivity contribution in [2.75, 3.05) is 5.32 Å². The van der Waals surface area contributed by atoms with Gasteiger partial charge in [-0.1, -0.05) is 24.3 Å². The van der Waals surface area contributed by atoms with E-state index in [1.165, 1.54) is 12.3 Å². The number of aromatic nitrogens is 1. The molecule has 1 aliphatic carbocycles. The van der Waals surface area contributed by atoms with Crippen molar-refractivity contribution >= 4 is 11.7 Å². The SMILES string of the molecule is O=C(O)[C@@H]1C[C@H](Nc2ccncc2C(F)(F)F)c2ccccc21. The molecule has 0 amide bonds. The third-order valence-corrected chi connectivity index (χ3v) is 3.97. The largest absolute Gasteiger partial charge is 0.481 e. The number of carboxylic acid groups (broad SMARTS) is 1. The molecule has 0 saturated heterocycles. The molecule has 2 atom stereocenters. The molecule has 0 unspecified atom stereocenters. The smallest absolute Gasteiger partial charge is 0.419 e. The number of halogens is 3. The van der Waals surface area contributed by atoms with Crippen molar-refractivity contribution < 1.29 is 23.1 Å². The highest BCUT2D eigenvalue weighted by atomic mass is 19.4. The molecule has 120 valence electrons. The second kappa shape index (κ2) is 5.57. The van der Waals surface area contributed by atoms with Crippen molar-refractivity contribution in [1.82, 2.24) is 4.98 Å². The van der Waals surface area contributed by atoms with Crippen LogP contribution in [-0.4, -0.2) is 16.1 Å². The lowest BCUT2D eigenvalue weighted by Crippen LogP contribution is -2.15. The molecule has 4 nitrogen and oxygen atoms in total. The number of aliphatic carboxylic acids is 1.